The van der Waals surface area contributed by atoms with Gasteiger partial charge < -0.3 is 68.6 Å². The van der Waals surface area contributed by atoms with E-state index in [4.69, 9.17) is 32.8 Å². The van der Waals surface area contributed by atoms with Crippen LogP contribution >= 0.6 is 0 Å². The summed E-state index contributed by atoms with van der Waals surface area (Å²) in [6.45, 7) is 0.885. The van der Waals surface area contributed by atoms with E-state index in [9.17, 15) is 45.3 Å². The molecule has 0 spiro atoms. The topological polar surface area (TPSA) is 244 Å². The van der Waals surface area contributed by atoms with Gasteiger partial charge in [0, 0.05) is 29.8 Å². The lowest BCUT2D eigenvalue weighted by Crippen LogP contribution is -2.62. The van der Waals surface area contributed by atoms with Gasteiger partial charge in [0.15, 0.2) is 23.9 Å². The van der Waals surface area contributed by atoms with Crippen LogP contribution in [0.5, 0.6) is 23.0 Å². The zero-order chi connectivity index (χ0) is 38.0. The van der Waals surface area contributed by atoms with Crippen LogP contribution in [0.1, 0.15) is 12.5 Å². The Labute approximate surface area is 301 Å². The van der Waals surface area contributed by atoms with E-state index in [0.29, 0.717) is 16.9 Å². The molecule has 4 aromatic rings. The number of carbonyl (C=O) groups is 1. The molecule has 1 aromatic heterocycles. The summed E-state index contributed by atoms with van der Waals surface area (Å²) in [5.41, 5.74) is 0.433. The average Bonchev–Trinajstić information content (AvgIpc) is 3.14. The van der Waals surface area contributed by atoms with Crippen molar-refractivity contribution in [2.24, 2.45) is 0 Å². The molecule has 0 saturated carbocycles. The van der Waals surface area contributed by atoms with Crippen LogP contribution in [-0.2, 0) is 23.7 Å². The summed E-state index contributed by atoms with van der Waals surface area (Å²) < 4.78 is 39.4. The number of methoxy groups -OCH3 is 1. The van der Waals surface area contributed by atoms with E-state index in [1.54, 1.807) is 24.3 Å². The summed E-state index contributed by atoms with van der Waals surface area (Å²) in [5, 5.41) is 73.4. The number of fused-ring (bicyclic) bond motifs is 1. The largest absolute Gasteiger partial charge is 0.508 e. The smallest absolute Gasteiger partial charge is 0.331 e. The van der Waals surface area contributed by atoms with Crippen molar-refractivity contribution in [1.29, 1.82) is 0 Å². The number of ether oxygens (including phenoxy) is 6. The van der Waals surface area contributed by atoms with Crippen molar-refractivity contribution in [3.8, 4) is 34.3 Å². The van der Waals surface area contributed by atoms with Gasteiger partial charge in [-0.25, -0.2) is 4.79 Å². The third kappa shape index (κ3) is 8.30. The molecule has 0 bridgehead atoms. The van der Waals surface area contributed by atoms with Gasteiger partial charge in [-0.1, -0.05) is 12.1 Å². The highest BCUT2D eigenvalue weighted by atomic mass is 16.7. The first-order valence-electron chi connectivity index (χ1n) is 16.5. The first kappa shape index (κ1) is 37.7. The highest BCUT2D eigenvalue weighted by Gasteiger charge is 2.49. The van der Waals surface area contributed by atoms with Gasteiger partial charge in [-0.05, 0) is 55.0 Å². The van der Waals surface area contributed by atoms with Gasteiger partial charge in [0.2, 0.25) is 6.29 Å². The zero-order valence-electron chi connectivity index (χ0n) is 28.3. The van der Waals surface area contributed by atoms with Gasteiger partial charge in [-0.15, -0.1) is 0 Å². The van der Waals surface area contributed by atoms with Crippen LogP contribution in [0, 0.1) is 0 Å². The fourth-order valence-corrected chi connectivity index (χ4v) is 5.88. The quantitative estimate of drug-likeness (QED) is 0.0892. The van der Waals surface area contributed by atoms with Gasteiger partial charge in [0.05, 0.1) is 19.8 Å². The van der Waals surface area contributed by atoms with Crippen LogP contribution in [0.3, 0.4) is 0 Å². The molecule has 0 radical (unpaired) electrons. The zero-order valence-corrected chi connectivity index (χ0v) is 28.3. The maximum absolute atomic E-state index is 13.0. The summed E-state index contributed by atoms with van der Waals surface area (Å²) in [5.74, 6) is -0.881. The minimum atomic E-state index is -1.85. The molecule has 2 saturated heterocycles. The number of aromatic hydroxyl groups is 2. The Balaban J connectivity index is 1.26. The third-order valence-electron chi connectivity index (χ3n) is 8.84. The lowest BCUT2D eigenvalue weighted by molar-refractivity contribution is -0.319. The molecular formula is C37H38O16. The number of benzene rings is 3. The highest BCUT2D eigenvalue weighted by molar-refractivity contribution is 5.87. The number of rotatable bonds is 10. The maximum Gasteiger partial charge on any atom is 0.331 e. The summed E-state index contributed by atoms with van der Waals surface area (Å²) in [4.78, 5) is 25.9. The predicted octanol–water partition coefficient (Wildman–Crippen LogP) is 1.17. The Bertz CT molecular complexity index is 1980. The molecule has 2 aliphatic rings. The molecule has 0 aliphatic carbocycles. The van der Waals surface area contributed by atoms with E-state index in [1.165, 1.54) is 56.5 Å². The molecule has 16 nitrogen and oxygen atoms in total. The summed E-state index contributed by atoms with van der Waals surface area (Å²) >= 11 is 0. The standard InChI is InChI=1S/C37H38O16/c1-17-30(42)32(44)33(45)36(49-17)48-16-27-31(43)35(53-28(41)12-5-18-3-8-20(38)9-4-18)34(46)37(52-27)50-22-13-23(39)29-24(40)15-25(51-26(29)14-22)19-6-10-21(47-2)11-7-19/h3-15,17,27,30-39,42-46H,16H2,1-2H3/t17-,27-,30-,31+,32+,33-,34-,35+,36-,37-/m1/s1. The number of phenols is 2. The SMILES string of the molecule is COc1ccc(-c2cc(=O)c3c(O)cc(O[C@@H]4O[C@H](CO[C@@H]5O[C@H](C)[C@@H](O)[C@H](O)[C@H]5O)[C@H](O)[C@H](OC(=O)C=Cc5ccc(O)cc5)[C@H]4O)cc3o2)cc1. The molecule has 16 heteroatoms. The van der Waals surface area contributed by atoms with E-state index in [-0.39, 0.29) is 28.2 Å². The predicted molar refractivity (Wildman–Crippen MR) is 183 cm³/mol. The minimum Gasteiger partial charge on any atom is -0.508 e. The normalized spacial score (nSPS) is 28.9. The van der Waals surface area contributed by atoms with E-state index >= 15 is 0 Å². The fourth-order valence-electron chi connectivity index (χ4n) is 5.88. The number of phenolic OH excluding ortho intramolecular Hbond substituents is 2. The second kappa shape index (κ2) is 15.9. The van der Waals surface area contributed by atoms with Crippen molar-refractivity contribution < 1.29 is 73.4 Å². The number of esters is 1. The minimum absolute atomic E-state index is 0.0170. The molecule has 0 amide bonds. The molecule has 282 valence electrons. The second-order valence-electron chi connectivity index (χ2n) is 12.5. The summed E-state index contributed by atoms with van der Waals surface area (Å²) in [6, 6.07) is 16.2. The van der Waals surface area contributed by atoms with Gasteiger partial charge in [-0.2, -0.15) is 0 Å². The Kier molecular flexibility index (Phi) is 11.3. The summed E-state index contributed by atoms with van der Waals surface area (Å²) in [7, 11) is 1.51. The van der Waals surface area contributed by atoms with Crippen LogP contribution in [0.15, 0.2) is 82.0 Å². The van der Waals surface area contributed by atoms with E-state index in [0.717, 1.165) is 12.1 Å². The lowest BCUT2D eigenvalue weighted by atomic mass is 9.98. The van der Waals surface area contributed by atoms with Crippen molar-refractivity contribution >= 4 is 23.0 Å². The Morgan fingerprint density at radius 2 is 1.53 bits per heavy atom. The molecule has 53 heavy (non-hydrogen) atoms. The molecule has 3 heterocycles. The second-order valence-corrected chi connectivity index (χ2v) is 12.5. The molecule has 3 aromatic carbocycles. The first-order valence-corrected chi connectivity index (χ1v) is 16.5. The Hall–Kier alpha value is -5.04. The van der Waals surface area contributed by atoms with Crippen LogP contribution in [0.2, 0.25) is 0 Å². The average molecular weight is 739 g/mol. The van der Waals surface area contributed by atoms with E-state index < -0.39 is 85.2 Å². The number of aliphatic hydroxyl groups excluding tert-OH is 5. The third-order valence-corrected chi connectivity index (χ3v) is 8.84. The Morgan fingerprint density at radius 1 is 0.811 bits per heavy atom. The van der Waals surface area contributed by atoms with Crippen molar-refractivity contribution in [3.63, 3.8) is 0 Å². The highest BCUT2D eigenvalue weighted by Crippen LogP contribution is 2.34. The fraction of sp³-hybridized carbons (Fsp3) is 0.351. The van der Waals surface area contributed by atoms with Crippen molar-refractivity contribution in [1.82, 2.24) is 0 Å². The van der Waals surface area contributed by atoms with E-state index in [2.05, 4.69) is 0 Å². The van der Waals surface area contributed by atoms with Gasteiger partial charge in [-0.3, -0.25) is 4.79 Å². The monoisotopic (exact) mass is 738 g/mol. The van der Waals surface area contributed by atoms with Crippen molar-refractivity contribution in [2.75, 3.05) is 13.7 Å². The molecule has 2 aliphatic heterocycles. The number of hydrogen-bond acceptors (Lipinski definition) is 16. The molecule has 10 atom stereocenters. The molecule has 6 rings (SSSR count). The Morgan fingerprint density at radius 3 is 2.23 bits per heavy atom. The molecule has 2 fully saturated rings. The number of carbonyl (C=O) groups excluding carboxylic acids is 1. The van der Waals surface area contributed by atoms with Crippen LogP contribution in [0.25, 0.3) is 28.4 Å². The summed E-state index contributed by atoms with van der Waals surface area (Å²) in [6.07, 6.45) is -13.1. The van der Waals surface area contributed by atoms with Crippen LogP contribution < -0.4 is 14.9 Å². The van der Waals surface area contributed by atoms with Gasteiger partial charge in [0.1, 0.15) is 70.2 Å². The van der Waals surface area contributed by atoms with Gasteiger partial charge >= 0.3 is 5.97 Å². The van der Waals surface area contributed by atoms with Crippen LogP contribution in [0.4, 0.5) is 0 Å². The van der Waals surface area contributed by atoms with E-state index in [1.807, 2.05) is 0 Å². The van der Waals surface area contributed by atoms with Crippen molar-refractivity contribution in [2.45, 2.75) is 68.3 Å². The van der Waals surface area contributed by atoms with Gasteiger partial charge in [0.25, 0.3) is 0 Å². The van der Waals surface area contributed by atoms with Crippen LogP contribution in [-0.4, -0.2) is 117 Å². The van der Waals surface area contributed by atoms with Crippen molar-refractivity contribution in [3.05, 3.63) is 88.6 Å². The molecule has 0 unspecified atom stereocenters. The molecule has 7 N–H and O–H groups in total. The number of hydrogen-bond donors (Lipinski definition) is 7. The maximum atomic E-state index is 13.0. The first-order chi connectivity index (χ1) is 25.3. The number of aliphatic hydroxyl groups is 5. The molecular weight excluding hydrogens is 700 g/mol. The lowest BCUT2D eigenvalue weighted by Gasteiger charge is -2.43.